The molecule has 0 saturated carbocycles. The van der Waals surface area contributed by atoms with Crippen LogP contribution in [0.25, 0.3) is 11.1 Å². The minimum absolute atomic E-state index is 0.316. The standard InChI is InChI=1S/C13H6BrF3O2/c14-6-1-2-8(15)7(5-6)11-9(16)3-4-10(17)12(11)13(18)19/h1-5H,(H,18,19). The van der Waals surface area contributed by atoms with Crippen molar-refractivity contribution in [3.05, 3.63) is 57.8 Å². The zero-order valence-corrected chi connectivity index (χ0v) is 10.8. The maximum Gasteiger partial charge on any atom is 0.339 e. The molecule has 0 aromatic heterocycles. The van der Waals surface area contributed by atoms with Gasteiger partial charge in [-0.15, -0.1) is 0 Å². The highest BCUT2D eigenvalue weighted by Crippen LogP contribution is 2.32. The van der Waals surface area contributed by atoms with Gasteiger partial charge in [0.2, 0.25) is 0 Å². The molecule has 0 saturated heterocycles. The largest absolute Gasteiger partial charge is 0.478 e. The highest BCUT2D eigenvalue weighted by atomic mass is 79.9. The van der Waals surface area contributed by atoms with Crippen LogP contribution in [0.1, 0.15) is 10.4 Å². The Morgan fingerprint density at radius 2 is 1.58 bits per heavy atom. The van der Waals surface area contributed by atoms with E-state index in [4.69, 9.17) is 5.11 Å². The summed E-state index contributed by atoms with van der Waals surface area (Å²) in [5, 5.41) is 8.95. The second kappa shape index (κ2) is 5.05. The minimum atomic E-state index is -1.66. The summed E-state index contributed by atoms with van der Waals surface area (Å²) in [6.07, 6.45) is 0. The zero-order chi connectivity index (χ0) is 14.2. The van der Waals surface area contributed by atoms with E-state index >= 15 is 0 Å². The van der Waals surface area contributed by atoms with Crippen LogP contribution in [0, 0.1) is 17.5 Å². The van der Waals surface area contributed by atoms with E-state index < -0.39 is 34.5 Å². The maximum absolute atomic E-state index is 13.8. The fraction of sp³-hybridized carbons (Fsp3) is 0. The van der Waals surface area contributed by atoms with Crippen LogP contribution in [0.5, 0.6) is 0 Å². The fourth-order valence-electron chi connectivity index (χ4n) is 1.71. The van der Waals surface area contributed by atoms with Crippen LogP contribution in [-0.2, 0) is 0 Å². The number of hydrogen-bond acceptors (Lipinski definition) is 1. The van der Waals surface area contributed by atoms with Crippen molar-refractivity contribution in [3.8, 4) is 11.1 Å². The topological polar surface area (TPSA) is 37.3 Å². The Labute approximate surface area is 114 Å². The smallest absolute Gasteiger partial charge is 0.339 e. The lowest BCUT2D eigenvalue weighted by molar-refractivity contribution is 0.0692. The van der Waals surface area contributed by atoms with Crippen LogP contribution in [0.15, 0.2) is 34.8 Å². The highest BCUT2D eigenvalue weighted by molar-refractivity contribution is 9.10. The SMILES string of the molecule is O=C(O)c1c(F)ccc(F)c1-c1cc(Br)ccc1F. The van der Waals surface area contributed by atoms with Gasteiger partial charge in [-0.1, -0.05) is 15.9 Å². The minimum Gasteiger partial charge on any atom is -0.478 e. The second-order valence-corrected chi connectivity index (χ2v) is 4.62. The number of carboxylic acid groups (broad SMARTS) is 1. The predicted molar refractivity (Wildman–Crippen MR) is 66.4 cm³/mol. The van der Waals surface area contributed by atoms with E-state index in [1.165, 1.54) is 12.1 Å². The number of aromatic carboxylic acids is 1. The van der Waals surface area contributed by atoms with Crippen molar-refractivity contribution in [2.75, 3.05) is 0 Å². The van der Waals surface area contributed by atoms with Crippen LogP contribution in [0.2, 0.25) is 0 Å². The molecule has 1 N–H and O–H groups in total. The summed E-state index contributed by atoms with van der Waals surface area (Å²) in [5.41, 5.74) is -1.81. The Bertz CT molecular complexity index is 671. The molecule has 0 aliphatic heterocycles. The van der Waals surface area contributed by atoms with Crippen molar-refractivity contribution in [1.29, 1.82) is 0 Å². The van der Waals surface area contributed by atoms with Gasteiger partial charge in [-0.2, -0.15) is 0 Å². The van der Waals surface area contributed by atoms with Gasteiger partial charge in [0, 0.05) is 15.6 Å². The van der Waals surface area contributed by atoms with Gasteiger partial charge in [0.05, 0.1) is 0 Å². The van der Waals surface area contributed by atoms with Gasteiger partial charge < -0.3 is 5.11 Å². The number of halogens is 4. The molecule has 2 nitrogen and oxygen atoms in total. The van der Waals surface area contributed by atoms with Crippen molar-refractivity contribution in [1.82, 2.24) is 0 Å². The summed E-state index contributed by atoms with van der Waals surface area (Å²) in [4.78, 5) is 11.0. The Morgan fingerprint density at radius 1 is 1.00 bits per heavy atom. The highest BCUT2D eigenvalue weighted by Gasteiger charge is 2.23. The number of carbonyl (C=O) groups is 1. The van der Waals surface area contributed by atoms with E-state index in [2.05, 4.69) is 15.9 Å². The third-order valence-electron chi connectivity index (χ3n) is 2.52. The number of hydrogen-bond donors (Lipinski definition) is 1. The summed E-state index contributed by atoms with van der Waals surface area (Å²) in [7, 11) is 0. The van der Waals surface area contributed by atoms with Gasteiger partial charge in [-0.25, -0.2) is 18.0 Å². The van der Waals surface area contributed by atoms with Gasteiger partial charge >= 0.3 is 5.97 Å². The summed E-state index contributed by atoms with van der Waals surface area (Å²) in [5.74, 6) is -4.62. The fourth-order valence-corrected chi connectivity index (χ4v) is 2.07. The molecule has 0 spiro atoms. The van der Waals surface area contributed by atoms with Crippen molar-refractivity contribution in [3.63, 3.8) is 0 Å². The van der Waals surface area contributed by atoms with Gasteiger partial charge in [0.15, 0.2) is 0 Å². The average molecular weight is 331 g/mol. The van der Waals surface area contributed by atoms with E-state index in [1.807, 2.05) is 0 Å². The molecule has 2 aromatic rings. The first kappa shape index (κ1) is 13.6. The van der Waals surface area contributed by atoms with Gasteiger partial charge in [0.1, 0.15) is 23.0 Å². The molecule has 19 heavy (non-hydrogen) atoms. The predicted octanol–water partition coefficient (Wildman–Crippen LogP) is 4.23. The van der Waals surface area contributed by atoms with Gasteiger partial charge in [-0.05, 0) is 30.3 Å². The molecular weight excluding hydrogens is 325 g/mol. The molecule has 0 atom stereocenters. The average Bonchev–Trinajstić information content (AvgIpc) is 2.34. The van der Waals surface area contributed by atoms with Crippen LogP contribution in [0.3, 0.4) is 0 Å². The molecule has 0 radical (unpaired) electrons. The molecule has 0 fully saturated rings. The summed E-state index contributed by atoms with van der Waals surface area (Å²) in [6, 6.07) is 5.06. The van der Waals surface area contributed by atoms with Crippen LogP contribution >= 0.6 is 15.9 Å². The summed E-state index contributed by atoms with van der Waals surface area (Å²) >= 11 is 3.07. The van der Waals surface area contributed by atoms with E-state index in [0.29, 0.717) is 10.5 Å². The lowest BCUT2D eigenvalue weighted by Gasteiger charge is -2.10. The molecule has 98 valence electrons. The first-order valence-electron chi connectivity index (χ1n) is 5.08. The lowest BCUT2D eigenvalue weighted by Crippen LogP contribution is -2.06. The monoisotopic (exact) mass is 330 g/mol. The molecule has 0 amide bonds. The van der Waals surface area contributed by atoms with Crippen molar-refractivity contribution in [2.24, 2.45) is 0 Å². The number of carboxylic acids is 1. The molecule has 0 unspecified atom stereocenters. The quantitative estimate of drug-likeness (QED) is 0.894. The second-order valence-electron chi connectivity index (χ2n) is 3.71. The van der Waals surface area contributed by atoms with Crippen molar-refractivity contribution < 1.29 is 23.1 Å². The van der Waals surface area contributed by atoms with Crippen LogP contribution < -0.4 is 0 Å². The van der Waals surface area contributed by atoms with E-state index in [-0.39, 0.29) is 5.56 Å². The molecule has 0 aliphatic carbocycles. The van der Waals surface area contributed by atoms with E-state index in [1.54, 1.807) is 0 Å². The number of benzene rings is 2. The Kier molecular flexibility index (Phi) is 3.61. The van der Waals surface area contributed by atoms with Crippen molar-refractivity contribution in [2.45, 2.75) is 0 Å². The first-order chi connectivity index (χ1) is 8.91. The third-order valence-corrected chi connectivity index (χ3v) is 3.01. The Morgan fingerprint density at radius 3 is 2.21 bits per heavy atom. The van der Waals surface area contributed by atoms with Crippen LogP contribution in [0.4, 0.5) is 13.2 Å². The third kappa shape index (κ3) is 2.49. The molecule has 0 bridgehead atoms. The molecule has 2 rings (SSSR count). The number of rotatable bonds is 2. The first-order valence-corrected chi connectivity index (χ1v) is 5.88. The van der Waals surface area contributed by atoms with Gasteiger partial charge in [-0.3, -0.25) is 0 Å². The Balaban J connectivity index is 2.85. The van der Waals surface area contributed by atoms with Crippen molar-refractivity contribution >= 4 is 21.9 Å². The molecule has 0 aliphatic rings. The van der Waals surface area contributed by atoms with Crippen LogP contribution in [-0.4, -0.2) is 11.1 Å². The summed E-state index contributed by atoms with van der Waals surface area (Å²) < 4.78 is 41.4. The van der Waals surface area contributed by atoms with Gasteiger partial charge in [0.25, 0.3) is 0 Å². The maximum atomic E-state index is 13.8. The zero-order valence-electron chi connectivity index (χ0n) is 9.25. The normalized spacial score (nSPS) is 10.5. The Hall–Kier alpha value is -1.82. The molecule has 0 heterocycles. The molecular formula is C13H6BrF3O2. The summed E-state index contributed by atoms with van der Waals surface area (Å²) in [6.45, 7) is 0. The van der Waals surface area contributed by atoms with E-state index in [9.17, 15) is 18.0 Å². The van der Waals surface area contributed by atoms with E-state index in [0.717, 1.165) is 12.1 Å². The lowest BCUT2D eigenvalue weighted by atomic mass is 9.98. The molecule has 2 aromatic carbocycles. The molecule has 6 heteroatoms.